The molecule has 6 heteroatoms. The van der Waals surface area contributed by atoms with E-state index in [2.05, 4.69) is 15.2 Å². The first kappa shape index (κ1) is 13.5. The summed E-state index contributed by atoms with van der Waals surface area (Å²) in [6.45, 7) is 2.43. The average Bonchev–Trinajstić information content (AvgIpc) is 2.93. The molecule has 5 nitrogen and oxygen atoms in total. The largest absolute Gasteiger partial charge is 0.506 e. The minimum absolute atomic E-state index is 0.210. The Morgan fingerprint density at radius 2 is 1.90 bits per heavy atom. The van der Waals surface area contributed by atoms with Crippen LogP contribution >= 0.6 is 11.3 Å². The first-order valence-electron chi connectivity index (χ1n) is 6.49. The van der Waals surface area contributed by atoms with Gasteiger partial charge in [-0.3, -0.25) is 4.98 Å². The number of para-hydroxylation sites is 2. The molecule has 2 aromatic heterocycles. The Bertz CT molecular complexity index is 729. The van der Waals surface area contributed by atoms with Gasteiger partial charge in [0.05, 0.1) is 17.9 Å². The van der Waals surface area contributed by atoms with Crippen molar-refractivity contribution in [3.05, 3.63) is 59.4 Å². The zero-order valence-corrected chi connectivity index (χ0v) is 12.3. The summed E-state index contributed by atoms with van der Waals surface area (Å²) < 4.78 is 0. The molecule has 0 saturated carbocycles. The molecule has 1 N–H and O–H groups in total. The molecule has 0 bridgehead atoms. The normalized spacial score (nSPS) is 10.5. The highest BCUT2D eigenvalue weighted by atomic mass is 32.1. The highest BCUT2D eigenvalue weighted by molar-refractivity contribution is 7.15. The van der Waals surface area contributed by atoms with Crippen molar-refractivity contribution in [1.82, 2.24) is 15.2 Å². The van der Waals surface area contributed by atoms with Gasteiger partial charge in [-0.1, -0.05) is 29.5 Å². The van der Waals surface area contributed by atoms with Crippen molar-refractivity contribution in [3.63, 3.8) is 0 Å². The predicted octanol–water partition coefficient (Wildman–Crippen LogP) is 3.29. The molecule has 2 heterocycles. The first-order valence-corrected chi connectivity index (χ1v) is 7.31. The number of anilines is 2. The Labute approximate surface area is 126 Å². The first-order chi connectivity index (χ1) is 10.2. The third-order valence-electron chi connectivity index (χ3n) is 2.97. The lowest BCUT2D eigenvalue weighted by atomic mass is 10.2. The molecule has 21 heavy (non-hydrogen) atoms. The van der Waals surface area contributed by atoms with Crippen molar-refractivity contribution in [2.75, 3.05) is 4.90 Å². The van der Waals surface area contributed by atoms with Gasteiger partial charge in [0.15, 0.2) is 0 Å². The number of aromatic hydroxyl groups is 1. The lowest BCUT2D eigenvalue weighted by molar-refractivity contribution is 0.475. The van der Waals surface area contributed by atoms with Crippen LogP contribution in [0.1, 0.15) is 10.7 Å². The molecule has 0 saturated heterocycles. The topological polar surface area (TPSA) is 62.1 Å². The van der Waals surface area contributed by atoms with Crippen LogP contribution in [0, 0.1) is 6.92 Å². The molecule has 106 valence electrons. The summed E-state index contributed by atoms with van der Waals surface area (Å²) in [5, 5.41) is 20.0. The number of hydrogen-bond donors (Lipinski definition) is 1. The summed E-state index contributed by atoms with van der Waals surface area (Å²) in [5.41, 5.74) is 1.59. The Hall–Kier alpha value is -2.47. The van der Waals surface area contributed by atoms with E-state index in [0.29, 0.717) is 12.2 Å². The molecular weight excluding hydrogens is 284 g/mol. The maximum absolute atomic E-state index is 10.1. The van der Waals surface area contributed by atoms with Gasteiger partial charge < -0.3 is 10.0 Å². The maximum Gasteiger partial charge on any atom is 0.213 e. The molecule has 0 radical (unpaired) electrons. The van der Waals surface area contributed by atoms with Gasteiger partial charge in [0.2, 0.25) is 5.13 Å². The molecule has 3 aromatic rings. The van der Waals surface area contributed by atoms with Crippen molar-refractivity contribution in [1.29, 1.82) is 0 Å². The molecule has 0 amide bonds. The molecule has 1 aromatic carbocycles. The van der Waals surface area contributed by atoms with Crippen molar-refractivity contribution in [2.45, 2.75) is 13.5 Å². The number of phenols is 1. The van der Waals surface area contributed by atoms with E-state index in [1.807, 2.05) is 42.2 Å². The van der Waals surface area contributed by atoms with Crippen LogP contribution in [0.4, 0.5) is 10.8 Å². The fourth-order valence-corrected chi connectivity index (χ4v) is 2.70. The molecular formula is C15H14N4OS. The smallest absolute Gasteiger partial charge is 0.213 e. The Morgan fingerprint density at radius 3 is 2.57 bits per heavy atom. The molecule has 0 unspecified atom stereocenters. The van der Waals surface area contributed by atoms with Gasteiger partial charge in [-0.25, -0.2) is 0 Å². The van der Waals surface area contributed by atoms with Gasteiger partial charge in [0, 0.05) is 6.20 Å². The third kappa shape index (κ3) is 3.00. The Balaban J connectivity index is 2.01. The summed E-state index contributed by atoms with van der Waals surface area (Å²) >= 11 is 1.48. The minimum Gasteiger partial charge on any atom is -0.506 e. The lowest BCUT2D eigenvalue weighted by Crippen LogP contribution is -2.17. The Kier molecular flexibility index (Phi) is 3.79. The molecule has 0 atom stereocenters. The Morgan fingerprint density at radius 1 is 1.10 bits per heavy atom. The zero-order chi connectivity index (χ0) is 14.7. The SMILES string of the molecule is Cc1nnc(N(Cc2ccccn2)c2ccccc2O)s1. The van der Waals surface area contributed by atoms with Gasteiger partial charge in [0.25, 0.3) is 0 Å². The number of rotatable bonds is 4. The highest BCUT2D eigenvalue weighted by Gasteiger charge is 2.17. The number of benzene rings is 1. The van der Waals surface area contributed by atoms with Crippen LogP contribution in [0.25, 0.3) is 0 Å². The third-order valence-corrected chi connectivity index (χ3v) is 3.83. The van der Waals surface area contributed by atoms with E-state index in [0.717, 1.165) is 15.8 Å². The van der Waals surface area contributed by atoms with Gasteiger partial charge in [-0.2, -0.15) is 0 Å². The second kappa shape index (κ2) is 5.88. The van der Waals surface area contributed by atoms with Crippen molar-refractivity contribution >= 4 is 22.2 Å². The van der Waals surface area contributed by atoms with Crippen LogP contribution in [0.2, 0.25) is 0 Å². The van der Waals surface area contributed by atoms with E-state index in [1.54, 1.807) is 18.3 Å². The molecule has 0 aliphatic heterocycles. The van der Waals surface area contributed by atoms with E-state index in [1.165, 1.54) is 11.3 Å². The number of aromatic nitrogens is 3. The molecule has 3 rings (SSSR count). The predicted molar refractivity (Wildman–Crippen MR) is 82.8 cm³/mol. The summed E-state index contributed by atoms with van der Waals surface area (Å²) in [5.74, 6) is 0.210. The summed E-state index contributed by atoms with van der Waals surface area (Å²) in [7, 11) is 0. The summed E-state index contributed by atoms with van der Waals surface area (Å²) in [4.78, 5) is 6.26. The summed E-state index contributed by atoms with van der Waals surface area (Å²) in [6, 6.07) is 13.0. The van der Waals surface area contributed by atoms with E-state index >= 15 is 0 Å². The highest BCUT2D eigenvalue weighted by Crippen LogP contribution is 2.35. The van der Waals surface area contributed by atoms with Gasteiger partial charge >= 0.3 is 0 Å². The summed E-state index contributed by atoms with van der Waals surface area (Å²) in [6.07, 6.45) is 1.75. The van der Waals surface area contributed by atoms with Gasteiger partial charge in [-0.15, -0.1) is 10.2 Å². The molecule has 0 fully saturated rings. The van der Waals surface area contributed by atoms with Crippen LogP contribution in [-0.4, -0.2) is 20.3 Å². The second-order valence-electron chi connectivity index (χ2n) is 4.50. The number of aryl methyl sites for hydroxylation is 1. The fourth-order valence-electron chi connectivity index (χ4n) is 2.00. The van der Waals surface area contributed by atoms with Crippen molar-refractivity contribution in [3.8, 4) is 5.75 Å². The van der Waals surface area contributed by atoms with E-state index < -0.39 is 0 Å². The van der Waals surface area contributed by atoms with Crippen molar-refractivity contribution in [2.24, 2.45) is 0 Å². The number of phenolic OH excluding ortho intramolecular Hbond substituents is 1. The quantitative estimate of drug-likeness (QED) is 0.801. The molecule has 0 aliphatic rings. The molecule has 0 aliphatic carbocycles. The van der Waals surface area contributed by atoms with E-state index in [9.17, 15) is 5.11 Å². The number of nitrogens with zero attached hydrogens (tertiary/aromatic N) is 4. The lowest BCUT2D eigenvalue weighted by Gasteiger charge is -2.21. The van der Waals surface area contributed by atoms with E-state index in [-0.39, 0.29) is 5.75 Å². The van der Waals surface area contributed by atoms with E-state index in [4.69, 9.17) is 0 Å². The maximum atomic E-state index is 10.1. The second-order valence-corrected chi connectivity index (χ2v) is 5.66. The molecule has 0 spiro atoms. The van der Waals surface area contributed by atoms with Gasteiger partial charge in [-0.05, 0) is 31.2 Å². The van der Waals surface area contributed by atoms with Crippen LogP contribution in [0.3, 0.4) is 0 Å². The van der Waals surface area contributed by atoms with Crippen molar-refractivity contribution < 1.29 is 5.11 Å². The van der Waals surface area contributed by atoms with Crippen LogP contribution in [-0.2, 0) is 6.54 Å². The fraction of sp³-hybridized carbons (Fsp3) is 0.133. The monoisotopic (exact) mass is 298 g/mol. The van der Waals surface area contributed by atoms with Crippen LogP contribution < -0.4 is 4.90 Å². The number of hydrogen-bond acceptors (Lipinski definition) is 6. The average molecular weight is 298 g/mol. The zero-order valence-electron chi connectivity index (χ0n) is 11.5. The standard InChI is InChI=1S/C15H14N4OS/c1-11-17-18-15(21-11)19(10-12-6-4-5-9-16-12)13-7-2-3-8-14(13)20/h2-9,20H,10H2,1H3. The van der Waals surface area contributed by atoms with Crippen LogP contribution in [0.15, 0.2) is 48.7 Å². The minimum atomic E-state index is 0.210. The van der Waals surface area contributed by atoms with Crippen LogP contribution in [0.5, 0.6) is 5.75 Å². The number of pyridine rings is 1. The van der Waals surface area contributed by atoms with Gasteiger partial charge in [0.1, 0.15) is 10.8 Å².